The highest BCUT2D eigenvalue weighted by Gasteiger charge is 2.33. The number of nitrogens with zero attached hydrogens (tertiary/aromatic N) is 2. The van der Waals surface area contributed by atoms with E-state index in [1.807, 2.05) is 48.9 Å². The van der Waals surface area contributed by atoms with E-state index in [0.29, 0.717) is 12.2 Å². The molecule has 1 N–H and O–H groups in total. The van der Waals surface area contributed by atoms with E-state index in [1.54, 1.807) is 6.20 Å². The van der Waals surface area contributed by atoms with Crippen LogP contribution in [0.3, 0.4) is 0 Å². The summed E-state index contributed by atoms with van der Waals surface area (Å²) in [5.74, 6) is 0.700. The van der Waals surface area contributed by atoms with Crippen LogP contribution >= 0.6 is 15.9 Å². The molecule has 18 heavy (non-hydrogen) atoms. The predicted octanol–water partition coefficient (Wildman–Crippen LogP) is 3.31. The molecule has 0 radical (unpaired) electrons. The minimum atomic E-state index is -1.04. The third-order valence-corrected chi connectivity index (χ3v) is 3.73. The van der Waals surface area contributed by atoms with Gasteiger partial charge in [-0.25, -0.2) is 4.98 Å². The SMILES string of the molecule is CCn1ccnc1C(O)(CC)c1cccc(Br)c1. The van der Waals surface area contributed by atoms with Crippen molar-refractivity contribution in [2.45, 2.75) is 32.4 Å². The highest BCUT2D eigenvalue weighted by molar-refractivity contribution is 9.10. The van der Waals surface area contributed by atoms with Crippen molar-refractivity contribution >= 4 is 15.9 Å². The molecule has 1 heterocycles. The minimum absolute atomic E-state index is 0.584. The second kappa shape index (κ2) is 5.24. The first-order valence-corrected chi connectivity index (χ1v) is 6.91. The summed E-state index contributed by atoms with van der Waals surface area (Å²) in [6.07, 6.45) is 4.21. The van der Waals surface area contributed by atoms with Gasteiger partial charge in [0.05, 0.1) is 0 Å². The van der Waals surface area contributed by atoms with E-state index in [0.717, 1.165) is 16.6 Å². The Balaban J connectivity index is 2.55. The van der Waals surface area contributed by atoms with Crippen molar-refractivity contribution in [3.8, 4) is 0 Å². The lowest BCUT2D eigenvalue weighted by atomic mass is 9.90. The van der Waals surface area contributed by atoms with Crippen molar-refractivity contribution in [1.82, 2.24) is 9.55 Å². The summed E-state index contributed by atoms with van der Waals surface area (Å²) in [6, 6.07) is 7.76. The summed E-state index contributed by atoms with van der Waals surface area (Å²) >= 11 is 3.44. The third kappa shape index (κ3) is 2.22. The van der Waals surface area contributed by atoms with Crippen molar-refractivity contribution in [1.29, 1.82) is 0 Å². The van der Waals surface area contributed by atoms with Gasteiger partial charge in [0, 0.05) is 23.4 Å². The molecule has 1 unspecified atom stereocenters. The number of imidazole rings is 1. The smallest absolute Gasteiger partial charge is 0.147 e. The molecule has 0 aliphatic rings. The zero-order chi connectivity index (χ0) is 13.2. The molecule has 0 saturated heterocycles. The Morgan fingerprint density at radius 2 is 2.17 bits per heavy atom. The first kappa shape index (κ1) is 13.3. The number of rotatable bonds is 4. The Hall–Kier alpha value is -1.13. The van der Waals surface area contributed by atoms with Gasteiger partial charge >= 0.3 is 0 Å². The Morgan fingerprint density at radius 1 is 1.39 bits per heavy atom. The maximum Gasteiger partial charge on any atom is 0.147 e. The number of aliphatic hydroxyl groups is 1. The van der Waals surface area contributed by atoms with Crippen LogP contribution in [0.15, 0.2) is 41.1 Å². The lowest BCUT2D eigenvalue weighted by Crippen LogP contribution is -2.30. The molecule has 0 bridgehead atoms. The van der Waals surface area contributed by atoms with Gasteiger partial charge in [0.15, 0.2) is 0 Å². The molecule has 2 rings (SSSR count). The molecule has 1 aromatic heterocycles. The summed E-state index contributed by atoms with van der Waals surface area (Å²) in [5.41, 5.74) is -0.177. The van der Waals surface area contributed by atoms with Crippen LogP contribution < -0.4 is 0 Å². The van der Waals surface area contributed by atoms with Gasteiger partial charge in [-0.1, -0.05) is 35.0 Å². The van der Waals surface area contributed by atoms with E-state index in [4.69, 9.17) is 0 Å². The van der Waals surface area contributed by atoms with Crippen molar-refractivity contribution in [2.75, 3.05) is 0 Å². The minimum Gasteiger partial charge on any atom is -0.377 e. The van der Waals surface area contributed by atoms with E-state index in [9.17, 15) is 5.11 Å². The maximum absolute atomic E-state index is 11.0. The van der Waals surface area contributed by atoms with Crippen LogP contribution in [0.2, 0.25) is 0 Å². The van der Waals surface area contributed by atoms with Gasteiger partial charge in [0.2, 0.25) is 0 Å². The molecule has 0 saturated carbocycles. The number of benzene rings is 1. The molecule has 0 aliphatic heterocycles. The molecule has 0 fully saturated rings. The third-order valence-electron chi connectivity index (χ3n) is 3.24. The fraction of sp³-hybridized carbons (Fsp3) is 0.357. The number of hydrogen-bond donors (Lipinski definition) is 1. The first-order chi connectivity index (χ1) is 8.61. The molecule has 1 atom stereocenters. The number of aryl methyl sites for hydroxylation is 1. The van der Waals surface area contributed by atoms with Gasteiger partial charge < -0.3 is 9.67 Å². The zero-order valence-corrected chi connectivity index (χ0v) is 12.2. The summed E-state index contributed by atoms with van der Waals surface area (Å²) in [6.45, 7) is 4.81. The quantitative estimate of drug-likeness (QED) is 0.941. The van der Waals surface area contributed by atoms with Crippen LogP contribution in [0.5, 0.6) is 0 Å². The molecule has 3 nitrogen and oxygen atoms in total. The standard InChI is InChI=1S/C14H17BrN2O/c1-3-14(18,11-6-5-7-12(15)10-11)13-16-8-9-17(13)4-2/h5-10,18H,3-4H2,1-2H3. The summed E-state index contributed by atoms with van der Waals surface area (Å²) in [4.78, 5) is 4.33. The second-order valence-corrected chi connectivity index (χ2v) is 5.18. The average molecular weight is 309 g/mol. The van der Waals surface area contributed by atoms with Gasteiger partial charge in [0.1, 0.15) is 11.4 Å². The zero-order valence-electron chi connectivity index (χ0n) is 10.6. The first-order valence-electron chi connectivity index (χ1n) is 6.11. The van der Waals surface area contributed by atoms with Crippen LogP contribution in [-0.2, 0) is 12.1 Å². The van der Waals surface area contributed by atoms with Crippen LogP contribution in [0.25, 0.3) is 0 Å². The highest BCUT2D eigenvalue weighted by Crippen LogP contribution is 2.33. The lowest BCUT2D eigenvalue weighted by Gasteiger charge is -2.27. The van der Waals surface area contributed by atoms with Crippen molar-refractivity contribution in [3.63, 3.8) is 0 Å². The Morgan fingerprint density at radius 3 is 2.78 bits per heavy atom. The van der Waals surface area contributed by atoms with E-state index in [1.165, 1.54) is 0 Å². The van der Waals surface area contributed by atoms with Crippen LogP contribution in [0.4, 0.5) is 0 Å². The van der Waals surface area contributed by atoms with Crippen molar-refractivity contribution < 1.29 is 5.11 Å². The van der Waals surface area contributed by atoms with E-state index in [2.05, 4.69) is 20.9 Å². The van der Waals surface area contributed by atoms with Crippen molar-refractivity contribution in [2.24, 2.45) is 0 Å². The normalized spacial score (nSPS) is 14.4. The molecule has 2 aromatic rings. The molecule has 0 aliphatic carbocycles. The van der Waals surface area contributed by atoms with Crippen LogP contribution in [0, 0.1) is 0 Å². The van der Waals surface area contributed by atoms with Gasteiger partial charge in [-0.3, -0.25) is 0 Å². The summed E-state index contributed by atoms with van der Waals surface area (Å²) < 4.78 is 2.94. The van der Waals surface area contributed by atoms with Crippen LogP contribution in [0.1, 0.15) is 31.7 Å². The Labute approximate surface area is 116 Å². The number of aromatic nitrogens is 2. The maximum atomic E-state index is 11.0. The monoisotopic (exact) mass is 308 g/mol. The topological polar surface area (TPSA) is 38.0 Å². The van der Waals surface area contributed by atoms with Gasteiger partial charge in [-0.2, -0.15) is 0 Å². The second-order valence-electron chi connectivity index (χ2n) is 4.26. The van der Waals surface area contributed by atoms with E-state index in [-0.39, 0.29) is 0 Å². The lowest BCUT2D eigenvalue weighted by molar-refractivity contribution is 0.0631. The number of hydrogen-bond acceptors (Lipinski definition) is 2. The molecule has 96 valence electrons. The van der Waals surface area contributed by atoms with Crippen LogP contribution in [-0.4, -0.2) is 14.7 Å². The fourth-order valence-electron chi connectivity index (χ4n) is 2.17. The van der Waals surface area contributed by atoms with Gasteiger partial charge in [-0.05, 0) is 31.0 Å². The Kier molecular flexibility index (Phi) is 3.88. The van der Waals surface area contributed by atoms with Gasteiger partial charge in [-0.15, -0.1) is 0 Å². The van der Waals surface area contributed by atoms with Crippen molar-refractivity contribution in [3.05, 3.63) is 52.5 Å². The van der Waals surface area contributed by atoms with Gasteiger partial charge in [0.25, 0.3) is 0 Å². The summed E-state index contributed by atoms with van der Waals surface area (Å²) in [7, 11) is 0. The molecular formula is C14H17BrN2O. The summed E-state index contributed by atoms with van der Waals surface area (Å²) in [5, 5.41) is 11.0. The molecule has 4 heteroatoms. The van der Waals surface area contributed by atoms with E-state index < -0.39 is 5.60 Å². The fourth-order valence-corrected chi connectivity index (χ4v) is 2.57. The van der Waals surface area contributed by atoms with E-state index >= 15 is 0 Å². The highest BCUT2D eigenvalue weighted by atomic mass is 79.9. The number of halogens is 1. The molecule has 0 amide bonds. The average Bonchev–Trinajstić information content (AvgIpc) is 2.86. The molecule has 0 spiro atoms. The largest absolute Gasteiger partial charge is 0.377 e. The molecule has 1 aromatic carbocycles. The Bertz CT molecular complexity index is 538. The molecular weight excluding hydrogens is 292 g/mol. The predicted molar refractivity (Wildman–Crippen MR) is 75.3 cm³/mol.